The van der Waals surface area contributed by atoms with Gasteiger partial charge in [-0.15, -0.1) is 11.3 Å². The van der Waals surface area contributed by atoms with Crippen LogP contribution in [0.2, 0.25) is 0 Å². The van der Waals surface area contributed by atoms with Gasteiger partial charge in [0.25, 0.3) is 0 Å². The molecule has 1 unspecified atom stereocenters. The smallest absolute Gasteiger partial charge is 0.0712 e. The molecule has 2 rings (SSSR count). The summed E-state index contributed by atoms with van der Waals surface area (Å²) in [5, 5.41) is 8.90. The maximum absolute atomic E-state index is 5.63. The van der Waals surface area contributed by atoms with Crippen LogP contribution in [0, 0.1) is 0 Å². The molecule has 2 N–H and O–H groups in total. The van der Waals surface area contributed by atoms with Gasteiger partial charge in [0.05, 0.1) is 12.7 Å². The molecule has 90 valence electrons. The predicted octanol–water partition coefficient (Wildman–Crippen LogP) is 1.98. The third-order valence-electron chi connectivity index (χ3n) is 2.57. The minimum absolute atomic E-state index is 0.385. The van der Waals surface area contributed by atoms with Crippen molar-refractivity contribution in [3.05, 3.63) is 20.8 Å². The van der Waals surface area contributed by atoms with Crippen molar-refractivity contribution in [2.75, 3.05) is 26.2 Å². The summed E-state index contributed by atoms with van der Waals surface area (Å²) >= 11 is 5.24. The molecule has 16 heavy (non-hydrogen) atoms. The Balaban J connectivity index is 1.57. The largest absolute Gasteiger partial charge is 0.376 e. The molecule has 1 aliphatic rings. The quantitative estimate of drug-likeness (QED) is 0.816. The fourth-order valence-corrected chi connectivity index (χ4v) is 3.15. The lowest BCUT2D eigenvalue weighted by Gasteiger charge is -2.23. The van der Waals surface area contributed by atoms with Crippen LogP contribution in [-0.2, 0) is 11.3 Å². The van der Waals surface area contributed by atoms with Crippen LogP contribution in [0.3, 0.4) is 0 Å². The van der Waals surface area contributed by atoms with Gasteiger partial charge in [-0.05, 0) is 35.0 Å². The van der Waals surface area contributed by atoms with Crippen molar-refractivity contribution in [3.63, 3.8) is 0 Å². The van der Waals surface area contributed by atoms with Gasteiger partial charge in [-0.25, -0.2) is 0 Å². The van der Waals surface area contributed by atoms with Gasteiger partial charge in [-0.2, -0.15) is 0 Å². The highest BCUT2D eigenvalue weighted by molar-refractivity contribution is 9.10. The molecule has 1 aromatic heterocycles. The Morgan fingerprint density at radius 3 is 3.25 bits per heavy atom. The highest BCUT2D eigenvalue weighted by atomic mass is 79.9. The second kappa shape index (κ2) is 6.71. The van der Waals surface area contributed by atoms with Crippen molar-refractivity contribution in [2.24, 2.45) is 0 Å². The van der Waals surface area contributed by atoms with Crippen LogP contribution in [-0.4, -0.2) is 32.3 Å². The van der Waals surface area contributed by atoms with E-state index in [1.807, 2.05) is 0 Å². The van der Waals surface area contributed by atoms with Gasteiger partial charge in [0, 0.05) is 34.4 Å². The lowest BCUT2D eigenvalue weighted by Crippen LogP contribution is -2.39. The molecule has 5 heteroatoms. The van der Waals surface area contributed by atoms with E-state index in [-0.39, 0.29) is 0 Å². The molecular formula is C11H17BrN2OS. The summed E-state index contributed by atoms with van der Waals surface area (Å²) in [5.74, 6) is 0. The summed E-state index contributed by atoms with van der Waals surface area (Å²) in [5.41, 5.74) is 0. The number of hydrogen-bond acceptors (Lipinski definition) is 4. The first-order valence-corrected chi connectivity index (χ1v) is 7.28. The number of thiophene rings is 1. The van der Waals surface area contributed by atoms with E-state index in [2.05, 4.69) is 38.0 Å². The molecule has 3 nitrogen and oxygen atoms in total. The third-order valence-corrected chi connectivity index (χ3v) is 4.27. The number of hydrogen-bond donors (Lipinski definition) is 2. The molecule has 0 aliphatic carbocycles. The minimum atomic E-state index is 0.385. The molecule has 0 bridgehead atoms. The maximum atomic E-state index is 5.63. The van der Waals surface area contributed by atoms with E-state index in [4.69, 9.17) is 4.74 Å². The van der Waals surface area contributed by atoms with Gasteiger partial charge in [0.15, 0.2) is 0 Å². The van der Waals surface area contributed by atoms with Crippen LogP contribution in [0.5, 0.6) is 0 Å². The van der Waals surface area contributed by atoms with E-state index in [1.165, 1.54) is 9.35 Å². The molecule has 1 saturated heterocycles. The summed E-state index contributed by atoms with van der Waals surface area (Å²) < 4.78 is 6.80. The Hall–Kier alpha value is 0.0600. The molecule has 1 atom stereocenters. The zero-order valence-corrected chi connectivity index (χ0v) is 11.6. The number of ether oxygens (including phenoxy) is 1. The van der Waals surface area contributed by atoms with Crippen molar-refractivity contribution in [2.45, 2.75) is 19.1 Å². The molecule has 0 radical (unpaired) electrons. The molecule has 2 heterocycles. The van der Waals surface area contributed by atoms with Gasteiger partial charge < -0.3 is 15.4 Å². The SMILES string of the molecule is Brc1csc(CNCCC2CNCCO2)c1. The molecule has 0 amide bonds. The summed E-state index contributed by atoms with van der Waals surface area (Å²) in [6.45, 7) is 4.81. The predicted molar refractivity (Wildman–Crippen MR) is 71.0 cm³/mol. The Bertz CT molecular complexity index is 313. The summed E-state index contributed by atoms with van der Waals surface area (Å²) in [6.07, 6.45) is 1.47. The minimum Gasteiger partial charge on any atom is -0.376 e. The Kier molecular flexibility index (Phi) is 5.25. The molecular weight excluding hydrogens is 288 g/mol. The first-order chi connectivity index (χ1) is 7.84. The van der Waals surface area contributed by atoms with Crippen molar-refractivity contribution in [3.8, 4) is 0 Å². The lowest BCUT2D eigenvalue weighted by molar-refractivity contribution is 0.0238. The van der Waals surface area contributed by atoms with Crippen LogP contribution < -0.4 is 10.6 Å². The van der Waals surface area contributed by atoms with E-state index >= 15 is 0 Å². The topological polar surface area (TPSA) is 33.3 Å². The molecule has 0 aromatic carbocycles. The van der Waals surface area contributed by atoms with Gasteiger partial charge in [-0.3, -0.25) is 0 Å². The zero-order chi connectivity index (χ0) is 11.2. The van der Waals surface area contributed by atoms with Crippen LogP contribution in [0.25, 0.3) is 0 Å². The lowest BCUT2D eigenvalue weighted by atomic mass is 10.2. The zero-order valence-electron chi connectivity index (χ0n) is 9.17. The first-order valence-electron chi connectivity index (χ1n) is 5.60. The number of rotatable bonds is 5. The fraction of sp³-hybridized carbons (Fsp3) is 0.636. The molecule has 0 spiro atoms. The Labute approximate surface area is 109 Å². The van der Waals surface area contributed by atoms with Crippen LogP contribution in [0.4, 0.5) is 0 Å². The second-order valence-electron chi connectivity index (χ2n) is 3.89. The monoisotopic (exact) mass is 304 g/mol. The van der Waals surface area contributed by atoms with E-state index in [9.17, 15) is 0 Å². The van der Waals surface area contributed by atoms with Crippen LogP contribution in [0.15, 0.2) is 15.9 Å². The maximum Gasteiger partial charge on any atom is 0.0712 e. The van der Waals surface area contributed by atoms with Crippen LogP contribution in [0.1, 0.15) is 11.3 Å². The Morgan fingerprint density at radius 2 is 2.56 bits per heavy atom. The van der Waals surface area contributed by atoms with E-state index in [0.29, 0.717) is 6.10 Å². The molecule has 1 fully saturated rings. The molecule has 0 saturated carbocycles. The summed E-state index contributed by atoms with van der Waals surface area (Å²) in [7, 11) is 0. The normalized spacial score (nSPS) is 21.2. The van der Waals surface area contributed by atoms with Crippen molar-refractivity contribution in [1.29, 1.82) is 0 Å². The first kappa shape index (κ1) is 12.5. The average molecular weight is 305 g/mol. The third kappa shape index (κ3) is 4.14. The number of nitrogens with one attached hydrogen (secondary N) is 2. The average Bonchev–Trinajstić information content (AvgIpc) is 2.72. The van der Waals surface area contributed by atoms with Gasteiger partial charge in [-0.1, -0.05) is 0 Å². The highest BCUT2D eigenvalue weighted by Gasteiger charge is 2.12. The van der Waals surface area contributed by atoms with Crippen molar-refractivity contribution < 1.29 is 4.74 Å². The van der Waals surface area contributed by atoms with E-state index in [1.54, 1.807) is 11.3 Å². The van der Waals surface area contributed by atoms with Gasteiger partial charge in [0.2, 0.25) is 0 Å². The summed E-state index contributed by atoms with van der Waals surface area (Å²) in [6, 6.07) is 2.16. The summed E-state index contributed by atoms with van der Waals surface area (Å²) in [4.78, 5) is 1.37. The molecule has 1 aliphatic heterocycles. The van der Waals surface area contributed by atoms with Crippen LogP contribution >= 0.6 is 27.3 Å². The fourth-order valence-electron chi connectivity index (χ4n) is 1.73. The Morgan fingerprint density at radius 1 is 1.62 bits per heavy atom. The van der Waals surface area contributed by atoms with E-state index < -0.39 is 0 Å². The second-order valence-corrected chi connectivity index (χ2v) is 5.81. The number of halogens is 1. The van der Waals surface area contributed by atoms with Gasteiger partial charge >= 0.3 is 0 Å². The highest BCUT2D eigenvalue weighted by Crippen LogP contribution is 2.19. The van der Waals surface area contributed by atoms with Gasteiger partial charge in [0.1, 0.15) is 0 Å². The van der Waals surface area contributed by atoms with Crippen molar-refractivity contribution in [1.82, 2.24) is 10.6 Å². The standard InChI is InChI=1S/C11H17BrN2OS/c12-9-5-11(16-8-9)7-13-2-1-10-6-14-3-4-15-10/h5,8,10,13-14H,1-4,6-7H2. The molecule has 1 aromatic rings. The number of morpholine rings is 1. The van der Waals surface area contributed by atoms with E-state index in [0.717, 1.165) is 39.2 Å². The van der Waals surface area contributed by atoms with Crippen molar-refractivity contribution >= 4 is 27.3 Å².